The SMILES string of the molecule is CC(=O)Nc1ccc(NC(=O)C2CC2C(=O)N2CCC3(CC2)OCCO3)cc1. The van der Waals surface area contributed by atoms with Gasteiger partial charge in [-0.2, -0.15) is 0 Å². The van der Waals surface area contributed by atoms with Crippen molar-refractivity contribution in [2.24, 2.45) is 11.8 Å². The predicted octanol–water partition coefficient (Wildman–Crippen LogP) is 1.59. The summed E-state index contributed by atoms with van der Waals surface area (Å²) >= 11 is 0. The molecule has 2 aliphatic heterocycles. The first-order chi connectivity index (χ1) is 13.5. The van der Waals surface area contributed by atoms with E-state index in [4.69, 9.17) is 9.47 Å². The van der Waals surface area contributed by atoms with Crippen LogP contribution in [0.5, 0.6) is 0 Å². The molecule has 2 heterocycles. The average molecular weight is 387 g/mol. The second kappa shape index (κ2) is 7.52. The fourth-order valence-corrected chi connectivity index (χ4v) is 3.92. The van der Waals surface area contributed by atoms with Crippen molar-refractivity contribution < 1.29 is 23.9 Å². The van der Waals surface area contributed by atoms with E-state index in [9.17, 15) is 14.4 Å². The molecular weight excluding hydrogens is 362 g/mol. The van der Waals surface area contributed by atoms with Crippen LogP contribution in [0.1, 0.15) is 26.2 Å². The third-order valence-corrected chi connectivity index (χ3v) is 5.57. The number of amides is 3. The van der Waals surface area contributed by atoms with Gasteiger partial charge in [0, 0.05) is 44.2 Å². The number of benzene rings is 1. The van der Waals surface area contributed by atoms with Gasteiger partial charge in [0.2, 0.25) is 17.7 Å². The molecule has 1 aromatic rings. The predicted molar refractivity (Wildman–Crippen MR) is 101 cm³/mol. The summed E-state index contributed by atoms with van der Waals surface area (Å²) in [4.78, 5) is 38.0. The van der Waals surface area contributed by atoms with E-state index in [0.29, 0.717) is 56.9 Å². The van der Waals surface area contributed by atoms with Gasteiger partial charge in [-0.3, -0.25) is 14.4 Å². The van der Waals surface area contributed by atoms with Gasteiger partial charge in [0.15, 0.2) is 5.79 Å². The van der Waals surface area contributed by atoms with Crippen LogP contribution in [0, 0.1) is 11.8 Å². The monoisotopic (exact) mass is 387 g/mol. The summed E-state index contributed by atoms with van der Waals surface area (Å²) in [7, 11) is 0. The van der Waals surface area contributed by atoms with Crippen LogP contribution in [0.15, 0.2) is 24.3 Å². The second-order valence-electron chi connectivity index (χ2n) is 7.63. The first-order valence-electron chi connectivity index (χ1n) is 9.71. The normalized spacial score (nSPS) is 25.4. The first-order valence-corrected chi connectivity index (χ1v) is 9.71. The van der Waals surface area contributed by atoms with Crippen molar-refractivity contribution >= 4 is 29.1 Å². The van der Waals surface area contributed by atoms with E-state index in [0.717, 1.165) is 0 Å². The highest BCUT2D eigenvalue weighted by Crippen LogP contribution is 2.42. The summed E-state index contributed by atoms with van der Waals surface area (Å²) in [6.07, 6.45) is 1.95. The lowest BCUT2D eigenvalue weighted by Gasteiger charge is -2.37. The van der Waals surface area contributed by atoms with Crippen LogP contribution in [0.25, 0.3) is 0 Å². The number of hydrogen-bond donors (Lipinski definition) is 2. The molecule has 0 aromatic heterocycles. The highest BCUT2D eigenvalue weighted by atomic mass is 16.7. The summed E-state index contributed by atoms with van der Waals surface area (Å²) in [5.74, 6) is -1.25. The Kier molecular flexibility index (Phi) is 5.07. The fraction of sp³-hybridized carbons (Fsp3) is 0.550. The Morgan fingerprint density at radius 2 is 1.54 bits per heavy atom. The maximum absolute atomic E-state index is 12.7. The van der Waals surface area contributed by atoms with Gasteiger partial charge in [0.25, 0.3) is 0 Å². The van der Waals surface area contributed by atoms with Crippen molar-refractivity contribution in [3.05, 3.63) is 24.3 Å². The van der Waals surface area contributed by atoms with E-state index < -0.39 is 5.79 Å². The smallest absolute Gasteiger partial charge is 0.228 e. The molecule has 3 fully saturated rings. The molecule has 1 saturated carbocycles. The Morgan fingerprint density at radius 3 is 2.11 bits per heavy atom. The lowest BCUT2D eigenvalue weighted by Crippen LogP contribution is -2.48. The quantitative estimate of drug-likeness (QED) is 0.818. The molecule has 2 unspecified atom stereocenters. The standard InChI is InChI=1S/C20H25N3O5/c1-13(24)21-14-2-4-15(5-3-14)22-18(25)16-12-17(16)19(26)23-8-6-20(7-9-23)27-10-11-28-20/h2-5,16-17H,6-12H2,1H3,(H,21,24)(H,22,25). The Bertz CT molecular complexity index is 763. The van der Waals surface area contributed by atoms with Crippen molar-refractivity contribution in [3.8, 4) is 0 Å². The number of piperidine rings is 1. The molecule has 2 atom stereocenters. The molecule has 8 nitrogen and oxygen atoms in total. The molecule has 1 aliphatic carbocycles. The number of hydrogen-bond acceptors (Lipinski definition) is 5. The fourth-order valence-electron chi connectivity index (χ4n) is 3.92. The van der Waals surface area contributed by atoms with Crippen molar-refractivity contribution in [1.29, 1.82) is 0 Å². The zero-order valence-corrected chi connectivity index (χ0v) is 15.9. The number of ether oxygens (including phenoxy) is 2. The largest absolute Gasteiger partial charge is 0.347 e. The number of carbonyl (C=O) groups is 3. The maximum atomic E-state index is 12.7. The number of nitrogens with zero attached hydrogens (tertiary/aromatic N) is 1. The molecule has 28 heavy (non-hydrogen) atoms. The Hall–Kier alpha value is -2.45. The van der Waals surface area contributed by atoms with Crippen LogP contribution in [-0.2, 0) is 23.9 Å². The molecule has 1 aromatic carbocycles. The molecule has 2 N–H and O–H groups in total. The molecule has 3 amide bonds. The Balaban J connectivity index is 1.26. The van der Waals surface area contributed by atoms with E-state index in [-0.39, 0.29) is 29.6 Å². The third-order valence-electron chi connectivity index (χ3n) is 5.57. The van der Waals surface area contributed by atoms with Crippen molar-refractivity contribution in [2.75, 3.05) is 36.9 Å². The van der Waals surface area contributed by atoms with Crippen LogP contribution in [0.4, 0.5) is 11.4 Å². The van der Waals surface area contributed by atoms with E-state index in [2.05, 4.69) is 10.6 Å². The molecule has 0 radical (unpaired) electrons. The van der Waals surface area contributed by atoms with Gasteiger partial charge in [-0.05, 0) is 30.7 Å². The summed E-state index contributed by atoms with van der Waals surface area (Å²) in [5, 5.41) is 5.53. The van der Waals surface area contributed by atoms with Crippen molar-refractivity contribution in [3.63, 3.8) is 0 Å². The topological polar surface area (TPSA) is 97.0 Å². The van der Waals surface area contributed by atoms with Gasteiger partial charge < -0.3 is 25.0 Å². The third kappa shape index (κ3) is 4.02. The van der Waals surface area contributed by atoms with Crippen LogP contribution < -0.4 is 10.6 Å². The highest BCUT2D eigenvalue weighted by Gasteiger charge is 2.51. The molecule has 0 bridgehead atoms. The summed E-state index contributed by atoms with van der Waals surface area (Å²) in [6.45, 7) is 3.88. The Labute approximate surface area is 163 Å². The molecule has 2 saturated heterocycles. The minimum Gasteiger partial charge on any atom is -0.347 e. The second-order valence-corrected chi connectivity index (χ2v) is 7.63. The van der Waals surface area contributed by atoms with Crippen molar-refractivity contribution in [1.82, 2.24) is 4.90 Å². The van der Waals surface area contributed by atoms with E-state index in [1.54, 1.807) is 24.3 Å². The molecule has 3 aliphatic rings. The van der Waals surface area contributed by atoms with Crippen LogP contribution in [0.3, 0.4) is 0 Å². The zero-order chi connectivity index (χ0) is 19.7. The lowest BCUT2D eigenvalue weighted by atomic mass is 10.0. The molecule has 8 heteroatoms. The number of anilines is 2. The molecular formula is C20H25N3O5. The van der Waals surface area contributed by atoms with Gasteiger partial charge in [-0.15, -0.1) is 0 Å². The molecule has 150 valence electrons. The van der Waals surface area contributed by atoms with Crippen LogP contribution >= 0.6 is 0 Å². The van der Waals surface area contributed by atoms with Crippen LogP contribution in [-0.4, -0.2) is 54.7 Å². The van der Waals surface area contributed by atoms with Gasteiger partial charge in [0.05, 0.1) is 25.0 Å². The van der Waals surface area contributed by atoms with E-state index in [1.807, 2.05) is 4.90 Å². The molecule has 1 spiro atoms. The average Bonchev–Trinajstić information content (AvgIpc) is 3.37. The number of rotatable bonds is 4. The number of nitrogens with one attached hydrogen (secondary N) is 2. The van der Waals surface area contributed by atoms with Crippen LogP contribution in [0.2, 0.25) is 0 Å². The summed E-state index contributed by atoms with van der Waals surface area (Å²) < 4.78 is 11.4. The number of likely N-dealkylation sites (tertiary alicyclic amines) is 1. The first kappa shape index (κ1) is 18.9. The maximum Gasteiger partial charge on any atom is 0.228 e. The lowest BCUT2D eigenvalue weighted by molar-refractivity contribution is -0.187. The summed E-state index contributed by atoms with van der Waals surface area (Å²) in [5.41, 5.74) is 1.32. The summed E-state index contributed by atoms with van der Waals surface area (Å²) in [6, 6.07) is 6.91. The van der Waals surface area contributed by atoms with Gasteiger partial charge in [-0.1, -0.05) is 0 Å². The highest BCUT2D eigenvalue weighted by molar-refractivity contribution is 5.99. The van der Waals surface area contributed by atoms with E-state index in [1.165, 1.54) is 6.92 Å². The van der Waals surface area contributed by atoms with E-state index >= 15 is 0 Å². The van der Waals surface area contributed by atoms with Gasteiger partial charge in [0.1, 0.15) is 0 Å². The van der Waals surface area contributed by atoms with Gasteiger partial charge in [-0.25, -0.2) is 0 Å². The minimum atomic E-state index is -0.499. The van der Waals surface area contributed by atoms with Gasteiger partial charge >= 0.3 is 0 Å². The zero-order valence-electron chi connectivity index (χ0n) is 15.9. The number of carbonyl (C=O) groups excluding carboxylic acids is 3. The van der Waals surface area contributed by atoms with Crippen molar-refractivity contribution in [2.45, 2.75) is 32.0 Å². The molecule has 4 rings (SSSR count). The Morgan fingerprint density at radius 1 is 0.964 bits per heavy atom. The minimum absolute atomic E-state index is 0.0500.